The quantitative estimate of drug-likeness (QED) is 0.250. The van der Waals surface area contributed by atoms with E-state index in [4.69, 9.17) is 4.74 Å². The largest absolute Gasteiger partial charge is 0.378 e. The molecule has 0 aliphatic carbocycles. The minimum atomic E-state index is -0.0119. The minimum absolute atomic E-state index is 0. The van der Waals surface area contributed by atoms with Crippen LogP contribution in [0.3, 0.4) is 0 Å². The van der Waals surface area contributed by atoms with Crippen molar-refractivity contribution in [2.75, 3.05) is 66.6 Å². The lowest BCUT2D eigenvalue weighted by Gasteiger charge is -2.36. The standard InChI is InChI=1S/C19H35N5O3.HI/c1-4-5-8-20-19(21-15-17(25)22(2)3)24-9-6-16(7-10-24)18(26)23-11-13-27-14-12-23;/h16H,4-15H2,1-3H3,(H,20,21);1H. The number of rotatable bonds is 6. The van der Waals surface area contributed by atoms with Crippen LogP contribution in [-0.4, -0.2) is 99.1 Å². The zero-order valence-electron chi connectivity index (χ0n) is 17.5. The molecule has 2 fully saturated rings. The van der Waals surface area contributed by atoms with Crippen LogP contribution in [0, 0.1) is 5.92 Å². The van der Waals surface area contributed by atoms with Crippen LogP contribution in [0.25, 0.3) is 0 Å². The molecule has 0 aromatic heterocycles. The Hall–Kier alpha value is -1.10. The lowest BCUT2D eigenvalue weighted by molar-refractivity contribution is -0.140. The van der Waals surface area contributed by atoms with Gasteiger partial charge in [0.15, 0.2) is 5.96 Å². The predicted octanol–water partition coefficient (Wildman–Crippen LogP) is 1.01. The van der Waals surface area contributed by atoms with Crippen LogP contribution < -0.4 is 5.32 Å². The van der Waals surface area contributed by atoms with Crippen molar-refractivity contribution in [3.05, 3.63) is 0 Å². The maximum absolute atomic E-state index is 12.7. The van der Waals surface area contributed by atoms with Crippen LogP contribution in [-0.2, 0) is 14.3 Å². The Morgan fingerprint density at radius 1 is 1.11 bits per heavy atom. The van der Waals surface area contributed by atoms with Gasteiger partial charge in [-0.2, -0.15) is 0 Å². The maximum Gasteiger partial charge on any atom is 0.243 e. The highest BCUT2D eigenvalue weighted by atomic mass is 127. The molecule has 2 rings (SSSR count). The number of nitrogens with one attached hydrogen (secondary N) is 1. The monoisotopic (exact) mass is 509 g/mol. The van der Waals surface area contributed by atoms with E-state index in [1.165, 1.54) is 0 Å². The highest BCUT2D eigenvalue weighted by Gasteiger charge is 2.30. The van der Waals surface area contributed by atoms with Crippen LogP contribution in [0.1, 0.15) is 32.6 Å². The van der Waals surface area contributed by atoms with E-state index in [0.29, 0.717) is 26.3 Å². The average molecular weight is 509 g/mol. The SMILES string of the molecule is CCCCNC(=NCC(=O)N(C)C)N1CCC(C(=O)N2CCOCC2)CC1.I. The number of likely N-dealkylation sites (tertiary alicyclic amines) is 1. The molecule has 162 valence electrons. The second-order valence-electron chi connectivity index (χ2n) is 7.41. The normalized spacial score (nSPS) is 18.5. The van der Waals surface area contributed by atoms with E-state index < -0.39 is 0 Å². The Balaban J connectivity index is 0.00000392. The molecule has 0 aromatic carbocycles. The Morgan fingerprint density at radius 3 is 2.32 bits per heavy atom. The molecule has 2 saturated heterocycles. The van der Waals surface area contributed by atoms with Crippen LogP contribution in [0.2, 0.25) is 0 Å². The first kappa shape index (κ1) is 24.9. The lowest BCUT2D eigenvalue weighted by Crippen LogP contribution is -2.50. The van der Waals surface area contributed by atoms with E-state index in [-0.39, 0.29) is 48.3 Å². The molecule has 0 atom stereocenters. The summed E-state index contributed by atoms with van der Waals surface area (Å²) >= 11 is 0. The number of carbonyl (C=O) groups is 2. The summed E-state index contributed by atoms with van der Waals surface area (Å²) in [5.74, 6) is 1.12. The molecule has 0 spiro atoms. The summed E-state index contributed by atoms with van der Waals surface area (Å²) < 4.78 is 5.34. The fourth-order valence-electron chi connectivity index (χ4n) is 3.31. The van der Waals surface area contributed by atoms with E-state index in [1.807, 2.05) is 4.90 Å². The number of aliphatic imine (C=N–C) groups is 1. The number of hydrogen-bond acceptors (Lipinski definition) is 4. The molecule has 28 heavy (non-hydrogen) atoms. The van der Waals surface area contributed by atoms with Crippen molar-refractivity contribution in [3.8, 4) is 0 Å². The van der Waals surface area contributed by atoms with Gasteiger partial charge in [0, 0.05) is 52.7 Å². The van der Waals surface area contributed by atoms with Crippen molar-refractivity contribution in [3.63, 3.8) is 0 Å². The number of hydrogen-bond donors (Lipinski definition) is 1. The molecule has 2 aliphatic rings. The number of piperidine rings is 1. The number of amides is 2. The average Bonchev–Trinajstić information content (AvgIpc) is 2.70. The number of unbranched alkanes of at least 4 members (excludes halogenated alkanes) is 1. The summed E-state index contributed by atoms with van der Waals surface area (Å²) in [5, 5.41) is 3.39. The van der Waals surface area contributed by atoms with Crippen LogP contribution in [0.15, 0.2) is 4.99 Å². The number of ether oxygens (including phenoxy) is 1. The smallest absolute Gasteiger partial charge is 0.243 e. The first-order valence-corrected chi connectivity index (χ1v) is 10.1. The van der Waals surface area contributed by atoms with Crippen molar-refractivity contribution in [1.82, 2.24) is 20.0 Å². The molecular formula is C19H36IN5O3. The van der Waals surface area contributed by atoms with Crippen molar-refractivity contribution >= 4 is 41.8 Å². The third kappa shape index (κ3) is 7.73. The van der Waals surface area contributed by atoms with E-state index in [0.717, 1.165) is 51.3 Å². The first-order valence-electron chi connectivity index (χ1n) is 10.1. The summed E-state index contributed by atoms with van der Waals surface area (Å²) in [5.41, 5.74) is 0. The number of carbonyl (C=O) groups excluding carboxylic acids is 2. The van der Waals surface area contributed by atoms with Crippen LogP contribution >= 0.6 is 24.0 Å². The first-order chi connectivity index (χ1) is 13.0. The van der Waals surface area contributed by atoms with Gasteiger partial charge in [0.05, 0.1) is 13.2 Å². The lowest BCUT2D eigenvalue weighted by atomic mass is 9.95. The summed E-state index contributed by atoms with van der Waals surface area (Å²) in [6, 6.07) is 0. The van der Waals surface area contributed by atoms with Crippen molar-refractivity contribution in [2.45, 2.75) is 32.6 Å². The van der Waals surface area contributed by atoms with Gasteiger partial charge < -0.3 is 24.8 Å². The van der Waals surface area contributed by atoms with Gasteiger partial charge in [0.25, 0.3) is 0 Å². The number of likely N-dealkylation sites (N-methyl/N-ethyl adjacent to an activating group) is 1. The molecule has 2 heterocycles. The van der Waals surface area contributed by atoms with E-state index >= 15 is 0 Å². The van der Waals surface area contributed by atoms with Gasteiger partial charge in [-0.05, 0) is 19.3 Å². The molecule has 0 radical (unpaired) electrons. The van der Waals surface area contributed by atoms with Gasteiger partial charge in [-0.25, -0.2) is 4.99 Å². The molecule has 0 bridgehead atoms. The number of halogens is 1. The molecule has 9 heteroatoms. The fraction of sp³-hybridized carbons (Fsp3) is 0.842. The third-order valence-electron chi connectivity index (χ3n) is 5.14. The topological polar surface area (TPSA) is 77.5 Å². The zero-order chi connectivity index (χ0) is 19.6. The number of guanidine groups is 1. The van der Waals surface area contributed by atoms with Gasteiger partial charge in [0.1, 0.15) is 6.54 Å². The molecule has 2 amide bonds. The van der Waals surface area contributed by atoms with Gasteiger partial charge in [-0.3, -0.25) is 9.59 Å². The summed E-state index contributed by atoms with van der Waals surface area (Å²) in [4.78, 5) is 34.8. The zero-order valence-corrected chi connectivity index (χ0v) is 19.8. The highest BCUT2D eigenvalue weighted by Crippen LogP contribution is 2.20. The molecular weight excluding hydrogens is 473 g/mol. The Morgan fingerprint density at radius 2 is 1.75 bits per heavy atom. The van der Waals surface area contributed by atoms with Gasteiger partial charge in [-0.1, -0.05) is 13.3 Å². The van der Waals surface area contributed by atoms with Crippen molar-refractivity contribution in [2.24, 2.45) is 10.9 Å². The van der Waals surface area contributed by atoms with Gasteiger partial charge in [0.2, 0.25) is 11.8 Å². The van der Waals surface area contributed by atoms with Gasteiger partial charge >= 0.3 is 0 Å². The van der Waals surface area contributed by atoms with Crippen LogP contribution in [0.4, 0.5) is 0 Å². The Bertz CT molecular complexity index is 516. The summed E-state index contributed by atoms with van der Waals surface area (Å²) in [6.07, 6.45) is 3.82. The third-order valence-corrected chi connectivity index (χ3v) is 5.14. The predicted molar refractivity (Wildman–Crippen MR) is 121 cm³/mol. The summed E-state index contributed by atoms with van der Waals surface area (Å²) in [7, 11) is 3.48. The molecule has 2 aliphatic heterocycles. The van der Waals surface area contributed by atoms with E-state index in [2.05, 4.69) is 22.1 Å². The van der Waals surface area contributed by atoms with Crippen LogP contribution in [0.5, 0.6) is 0 Å². The molecule has 1 N–H and O–H groups in total. The molecule has 0 aromatic rings. The molecule has 0 saturated carbocycles. The fourth-order valence-corrected chi connectivity index (χ4v) is 3.31. The second-order valence-corrected chi connectivity index (χ2v) is 7.41. The Kier molecular flexibility index (Phi) is 11.7. The second kappa shape index (κ2) is 13.2. The van der Waals surface area contributed by atoms with Crippen molar-refractivity contribution in [1.29, 1.82) is 0 Å². The molecule has 0 unspecified atom stereocenters. The van der Waals surface area contributed by atoms with Gasteiger partial charge in [-0.15, -0.1) is 24.0 Å². The number of morpholine rings is 1. The minimum Gasteiger partial charge on any atom is -0.378 e. The summed E-state index contributed by atoms with van der Waals surface area (Å²) in [6.45, 7) is 7.41. The molecule has 8 nitrogen and oxygen atoms in total. The van der Waals surface area contributed by atoms with E-state index in [9.17, 15) is 9.59 Å². The van der Waals surface area contributed by atoms with Crippen molar-refractivity contribution < 1.29 is 14.3 Å². The number of nitrogens with zero attached hydrogens (tertiary/aromatic N) is 4. The van der Waals surface area contributed by atoms with E-state index in [1.54, 1.807) is 19.0 Å². The maximum atomic E-state index is 12.7. The Labute approximate surface area is 186 Å². The highest BCUT2D eigenvalue weighted by molar-refractivity contribution is 14.0.